The van der Waals surface area contributed by atoms with Crippen LogP contribution in [-0.2, 0) is 14.3 Å². The standard InChI is InChI=1S/C18H16FN3O6/c1-11(17(24)21-14-7-5-13(19)6-8-14)28-16(23)10-20-18(25)12-3-2-4-15(9-12)22(26)27/h2-9,11H,10H2,1H3,(H,20,25)(H,21,24)/t11-/m0/s1. The zero-order valence-corrected chi connectivity index (χ0v) is 14.7. The number of esters is 1. The van der Waals surface area contributed by atoms with Gasteiger partial charge in [0.15, 0.2) is 6.10 Å². The largest absolute Gasteiger partial charge is 0.451 e. The lowest BCUT2D eigenvalue weighted by Crippen LogP contribution is -2.35. The number of hydrogen-bond donors (Lipinski definition) is 2. The topological polar surface area (TPSA) is 128 Å². The van der Waals surface area contributed by atoms with E-state index in [1.165, 1.54) is 37.3 Å². The molecule has 0 spiro atoms. The molecule has 2 amide bonds. The highest BCUT2D eigenvalue weighted by Crippen LogP contribution is 2.13. The number of nitro groups is 1. The van der Waals surface area contributed by atoms with Gasteiger partial charge in [-0.2, -0.15) is 0 Å². The summed E-state index contributed by atoms with van der Waals surface area (Å²) in [5, 5.41) is 15.4. The Bertz CT molecular complexity index is 900. The molecule has 28 heavy (non-hydrogen) atoms. The van der Waals surface area contributed by atoms with Gasteiger partial charge in [-0.3, -0.25) is 24.5 Å². The molecule has 0 aliphatic carbocycles. The average molecular weight is 389 g/mol. The quantitative estimate of drug-likeness (QED) is 0.424. The van der Waals surface area contributed by atoms with Crippen LogP contribution in [0.5, 0.6) is 0 Å². The molecule has 0 saturated carbocycles. The van der Waals surface area contributed by atoms with Crippen molar-refractivity contribution in [2.45, 2.75) is 13.0 Å². The molecule has 0 bridgehead atoms. The molecule has 2 aromatic rings. The third-order valence-corrected chi connectivity index (χ3v) is 3.50. The molecular weight excluding hydrogens is 373 g/mol. The molecule has 0 aliphatic rings. The van der Waals surface area contributed by atoms with E-state index in [-0.39, 0.29) is 11.3 Å². The van der Waals surface area contributed by atoms with Crippen molar-refractivity contribution in [1.82, 2.24) is 5.32 Å². The van der Waals surface area contributed by atoms with Crippen LogP contribution in [0, 0.1) is 15.9 Å². The van der Waals surface area contributed by atoms with Crippen LogP contribution < -0.4 is 10.6 Å². The van der Waals surface area contributed by atoms with Gasteiger partial charge in [-0.25, -0.2) is 4.39 Å². The van der Waals surface area contributed by atoms with Crippen LogP contribution in [0.4, 0.5) is 15.8 Å². The molecule has 0 aliphatic heterocycles. The Morgan fingerprint density at radius 2 is 1.86 bits per heavy atom. The van der Waals surface area contributed by atoms with Gasteiger partial charge in [0.1, 0.15) is 12.4 Å². The Labute approximate surface area is 158 Å². The summed E-state index contributed by atoms with van der Waals surface area (Å²) in [6, 6.07) is 10.0. The van der Waals surface area contributed by atoms with Gasteiger partial charge in [0.05, 0.1) is 4.92 Å². The SMILES string of the molecule is C[C@H](OC(=O)CNC(=O)c1cccc([N+](=O)[O-])c1)C(=O)Nc1ccc(F)cc1. The summed E-state index contributed by atoms with van der Waals surface area (Å²) in [5.41, 5.74) is 0.0682. The van der Waals surface area contributed by atoms with Crippen molar-refractivity contribution >= 4 is 29.2 Å². The molecule has 0 aromatic heterocycles. The average Bonchev–Trinajstić information content (AvgIpc) is 2.67. The lowest BCUT2D eigenvalue weighted by molar-refractivity contribution is -0.384. The molecule has 2 aromatic carbocycles. The Hall–Kier alpha value is -3.82. The van der Waals surface area contributed by atoms with E-state index in [2.05, 4.69) is 10.6 Å². The monoisotopic (exact) mass is 389 g/mol. The molecule has 10 heteroatoms. The summed E-state index contributed by atoms with van der Waals surface area (Å²) in [4.78, 5) is 45.8. The Morgan fingerprint density at radius 1 is 1.18 bits per heavy atom. The second-order valence-electron chi connectivity index (χ2n) is 5.62. The van der Waals surface area contributed by atoms with Gasteiger partial charge < -0.3 is 15.4 Å². The van der Waals surface area contributed by atoms with Crippen LogP contribution in [0.1, 0.15) is 17.3 Å². The van der Waals surface area contributed by atoms with Gasteiger partial charge in [-0.15, -0.1) is 0 Å². The number of nitro benzene ring substituents is 1. The fourth-order valence-corrected chi connectivity index (χ4v) is 2.08. The van der Waals surface area contributed by atoms with Crippen LogP contribution >= 0.6 is 0 Å². The predicted molar refractivity (Wildman–Crippen MR) is 96.0 cm³/mol. The number of carbonyl (C=O) groups excluding carboxylic acids is 3. The molecule has 0 fully saturated rings. The van der Waals surface area contributed by atoms with Gasteiger partial charge in [0.2, 0.25) is 0 Å². The van der Waals surface area contributed by atoms with E-state index >= 15 is 0 Å². The van der Waals surface area contributed by atoms with Gasteiger partial charge in [-0.1, -0.05) is 6.07 Å². The fraction of sp³-hybridized carbons (Fsp3) is 0.167. The number of ether oxygens (including phenoxy) is 1. The lowest BCUT2D eigenvalue weighted by Gasteiger charge is -2.14. The number of rotatable bonds is 7. The molecule has 9 nitrogen and oxygen atoms in total. The first kappa shape index (κ1) is 20.5. The summed E-state index contributed by atoms with van der Waals surface area (Å²) in [7, 11) is 0. The first-order valence-electron chi connectivity index (χ1n) is 8.05. The third kappa shape index (κ3) is 5.87. The smallest absolute Gasteiger partial charge is 0.326 e. The number of hydrogen-bond acceptors (Lipinski definition) is 6. The first-order chi connectivity index (χ1) is 13.3. The Balaban J connectivity index is 1.83. The number of carbonyl (C=O) groups is 3. The maximum absolute atomic E-state index is 12.8. The highest BCUT2D eigenvalue weighted by atomic mass is 19.1. The van der Waals surface area contributed by atoms with Gasteiger partial charge in [0, 0.05) is 23.4 Å². The molecule has 0 heterocycles. The van der Waals surface area contributed by atoms with Crippen molar-refractivity contribution in [3.05, 3.63) is 70.0 Å². The van der Waals surface area contributed by atoms with Crippen LogP contribution in [0.3, 0.4) is 0 Å². The Kier molecular flexibility index (Phi) is 6.74. The highest BCUT2D eigenvalue weighted by molar-refractivity contribution is 5.97. The minimum Gasteiger partial charge on any atom is -0.451 e. The van der Waals surface area contributed by atoms with Gasteiger partial charge in [-0.05, 0) is 37.3 Å². The summed E-state index contributed by atoms with van der Waals surface area (Å²) < 4.78 is 17.7. The van der Waals surface area contributed by atoms with Crippen molar-refractivity contribution in [1.29, 1.82) is 0 Å². The zero-order valence-electron chi connectivity index (χ0n) is 14.7. The van der Waals surface area contributed by atoms with Crippen molar-refractivity contribution in [2.24, 2.45) is 0 Å². The lowest BCUT2D eigenvalue weighted by atomic mass is 10.2. The van der Waals surface area contributed by atoms with Crippen molar-refractivity contribution < 1.29 is 28.4 Å². The molecule has 2 rings (SSSR count). The number of nitrogens with zero attached hydrogens (tertiary/aromatic N) is 1. The maximum atomic E-state index is 12.8. The van der Waals surface area contributed by atoms with E-state index < -0.39 is 41.2 Å². The van der Waals surface area contributed by atoms with Crippen molar-refractivity contribution in [3.63, 3.8) is 0 Å². The first-order valence-corrected chi connectivity index (χ1v) is 8.05. The number of nitrogens with one attached hydrogen (secondary N) is 2. The molecular formula is C18H16FN3O6. The number of amides is 2. The molecule has 0 unspecified atom stereocenters. The predicted octanol–water partition coefficient (Wildman–Crippen LogP) is 2.03. The second kappa shape index (κ2) is 9.21. The van der Waals surface area contributed by atoms with Gasteiger partial charge >= 0.3 is 5.97 Å². The number of halogens is 1. The van der Waals surface area contributed by atoms with E-state index in [0.29, 0.717) is 5.69 Å². The molecule has 2 N–H and O–H groups in total. The van der Waals surface area contributed by atoms with Crippen LogP contribution in [-0.4, -0.2) is 35.4 Å². The van der Waals surface area contributed by atoms with Crippen LogP contribution in [0.2, 0.25) is 0 Å². The third-order valence-electron chi connectivity index (χ3n) is 3.50. The molecule has 1 atom stereocenters. The molecule has 0 saturated heterocycles. The highest BCUT2D eigenvalue weighted by Gasteiger charge is 2.19. The van der Waals surface area contributed by atoms with Crippen molar-refractivity contribution in [2.75, 3.05) is 11.9 Å². The summed E-state index contributed by atoms with van der Waals surface area (Å²) in [6.07, 6.45) is -1.16. The van der Waals surface area contributed by atoms with E-state index in [1.54, 1.807) is 0 Å². The van der Waals surface area contributed by atoms with E-state index in [9.17, 15) is 28.9 Å². The second-order valence-corrected chi connectivity index (χ2v) is 5.62. The Morgan fingerprint density at radius 3 is 2.50 bits per heavy atom. The summed E-state index contributed by atoms with van der Waals surface area (Å²) in [6.45, 7) is 0.800. The number of non-ortho nitro benzene ring substituents is 1. The summed E-state index contributed by atoms with van der Waals surface area (Å²) >= 11 is 0. The van der Waals surface area contributed by atoms with E-state index in [1.807, 2.05) is 0 Å². The fourth-order valence-electron chi connectivity index (χ4n) is 2.08. The minimum atomic E-state index is -1.16. The molecule has 146 valence electrons. The molecule has 0 radical (unpaired) electrons. The number of benzene rings is 2. The number of anilines is 1. The maximum Gasteiger partial charge on any atom is 0.326 e. The van der Waals surface area contributed by atoms with Crippen molar-refractivity contribution in [3.8, 4) is 0 Å². The van der Waals surface area contributed by atoms with Crippen LogP contribution in [0.15, 0.2) is 48.5 Å². The normalized spacial score (nSPS) is 11.2. The van der Waals surface area contributed by atoms with E-state index in [4.69, 9.17) is 4.74 Å². The zero-order chi connectivity index (χ0) is 20.7. The van der Waals surface area contributed by atoms with E-state index in [0.717, 1.165) is 18.2 Å². The van der Waals surface area contributed by atoms with Crippen LogP contribution in [0.25, 0.3) is 0 Å². The summed E-state index contributed by atoms with van der Waals surface area (Å²) in [5.74, 6) is -2.67. The minimum absolute atomic E-state index is 0.00380. The van der Waals surface area contributed by atoms with Gasteiger partial charge in [0.25, 0.3) is 17.5 Å².